The van der Waals surface area contributed by atoms with Crippen LogP contribution in [0.5, 0.6) is 0 Å². The van der Waals surface area contributed by atoms with Crippen molar-refractivity contribution < 1.29 is 4.79 Å². The van der Waals surface area contributed by atoms with Gasteiger partial charge < -0.3 is 9.80 Å². The predicted octanol–water partition coefficient (Wildman–Crippen LogP) is 4.61. The fraction of sp³-hybridized carbons (Fsp3) is 0.381. The minimum Gasteiger partial charge on any atom is -0.370 e. The SMILES string of the molecule is CCN(CC)c1ccc(C(=O)c2ccccc2)cc1N(CC)CC. The quantitative estimate of drug-likeness (QED) is 0.663. The second kappa shape index (κ2) is 8.53. The number of rotatable bonds is 8. The Hall–Kier alpha value is -2.29. The van der Waals surface area contributed by atoms with Crippen LogP contribution in [0.3, 0.4) is 0 Å². The van der Waals surface area contributed by atoms with E-state index in [-0.39, 0.29) is 5.78 Å². The lowest BCUT2D eigenvalue weighted by Gasteiger charge is -2.30. The van der Waals surface area contributed by atoms with Gasteiger partial charge in [-0.3, -0.25) is 4.79 Å². The third-order valence-corrected chi connectivity index (χ3v) is 4.48. The lowest BCUT2D eigenvalue weighted by Crippen LogP contribution is -2.28. The van der Waals surface area contributed by atoms with Gasteiger partial charge in [0.15, 0.2) is 5.78 Å². The van der Waals surface area contributed by atoms with Gasteiger partial charge in [0.25, 0.3) is 0 Å². The zero-order chi connectivity index (χ0) is 17.5. The van der Waals surface area contributed by atoms with Gasteiger partial charge in [-0.15, -0.1) is 0 Å². The van der Waals surface area contributed by atoms with Crippen molar-refractivity contribution in [3.63, 3.8) is 0 Å². The second-order valence-electron chi connectivity index (χ2n) is 5.74. The van der Waals surface area contributed by atoms with Crippen LogP contribution in [0.15, 0.2) is 48.5 Å². The fourth-order valence-electron chi connectivity index (χ4n) is 3.07. The van der Waals surface area contributed by atoms with Crippen molar-refractivity contribution in [1.29, 1.82) is 0 Å². The van der Waals surface area contributed by atoms with Crippen molar-refractivity contribution in [1.82, 2.24) is 0 Å². The first-order valence-corrected chi connectivity index (χ1v) is 8.89. The highest BCUT2D eigenvalue weighted by molar-refractivity contribution is 6.09. The van der Waals surface area contributed by atoms with Crippen molar-refractivity contribution in [3.05, 3.63) is 59.7 Å². The summed E-state index contributed by atoms with van der Waals surface area (Å²) in [6.07, 6.45) is 0. The number of benzene rings is 2. The van der Waals surface area contributed by atoms with E-state index in [1.165, 1.54) is 5.69 Å². The molecular weight excluding hydrogens is 296 g/mol. The van der Waals surface area contributed by atoms with E-state index in [0.29, 0.717) is 0 Å². The van der Waals surface area contributed by atoms with Crippen LogP contribution in [0, 0.1) is 0 Å². The summed E-state index contributed by atoms with van der Waals surface area (Å²) >= 11 is 0. The highest BCUT2D eigenvalue weighted by Crippen LogP contribution is 2.31. The molecule has 128 valence electrons. The van der Waals surface area contributed by atoms with E-state index in [1.54, 1.807) is 0 Å². The van der Waals surface area contributed by atoms with Gasteiger partial charge in [-0.2, -0.15) is 0 Å². The zero-order valence-electron chi connectivity index (χ0n) is 15.2. The normalized spacial score (nSPS) is 10.5. The van der Waals surface area contributed by atoms with Gasteiger partial charge in [0.05, 0.1) is 11.4 Å². The largest absolute Gasteiger partial charge is 0.370 e. The molecule has 0 aliphatic carbocycles. The summed E-state index contributed by atoms with van der Waals surface area (Å²) in [4.78, 5) is 17.4. The number of hydrogen-bond donors (Lipinski definition) is 0. The molecule has 0 heterocycles. The van der Waals surface area contributed by atoms with E-state index in [4.69, 9.17) is 0 Å². The van der Waals surface area contributed by atoms with Crippen LogP contribution in [0.2, 0.25) is 0 Å². The number of ketones is 1. The van der Waals surface area contributed by atoms with Crippen LogP contribution in [0.1, 0.15) is 43.6 Å². The molecule has 0 saturated heterocycles. The van der Waals surface area contributed by atoms with E-state index in [2.05, 4.69) is 49.6 Å². The molecule has 0 amide bonds. The molecule has 3 heteroatoms. The predicted molar refractivity (Wildman–Crippen MR) is 103 cm³/mol. The highest BCUT2D eigenvalue weighted by atomic mass is 16.1. The van der Waals surface area contributed by atoms with Gasteiger partial charge in [0, 0.05) is 37.3 Å². The van der Waals surface area contributed by atoms with Gasteiger partial charge >= 0.3 is 0 Å². The van der Waals surface area contributed by atoms with Gasteiger partial charge in [-0.05, 0) is 45.9 Å². The van der Waals surface area contributed by atoms with Crippen molar-refractivity contribution in [2.45, 2.75) is 27.7 Å². The summed E-state index contributed by atoms with van der Waals surface area (Å²) in [7, 11) is 0. The molecule has 0 aliphatic rings. The average molecular weight is 324 g/mol. The Labute approximate surface area is 145 Å². The standard InChI is InChI=1S/C21H28N2O/c1-5-22(6-2)19-15-14-18(16-20(19)23(7-3)8-4)21(24)17-12-10-9-11-13-17/h9-16H,5-8H2,1-4H3. The van der Waals surface area contributed by atoms with Crippen LogP contribution in [0.25, 0.3) is 0 Å². The summed E-state index contributed by atoms with van der Waals surface area (Å²) in [5.41, 5.74) is 3.83. The molecule has 24 heavy (non-hydrogen) atoms. The Morgan fingerprint density at radius 1 is 0.708 bits per heavy atom. The molecular formula is C21H28N2O. The Kier molecular flexibility index (Phi) is 6.42. The van der Waals surface area contributed by atoms with Crippen LogP contribution in [-0.4, -0.2) is 32.0 Å². The molecule has 0 fully saturated rings. The van der Waals surface area contributed by atoms with Crippen molar-refractivity contribution >= 4 is 17.2 Å². The van der Waals surface area contributed by atoms with E-state index in [9.17, 15) is 4.79 Å². The summed E-state index contributed by atoms with van der Waals surface area (Å²) in [5, 5.41) is 0. The maximum atomic E-state index is 12.8. The monoisotopic (exact) mass is 324 g/mol. The Balaban J connectivity index is 2.49. The van der Waals surface area contributed by atoms with Crippen LogP contribution >= 0.6 is 0 Å². The van der Waals surface area contributed by atoms with Crippen molar-refractivity contribution in [2.75, 3.05) is 36.0 Å². The summed E-state index contributed by atoms with van der Waals surface area (Å²) in [6.45, 7) is 12.4. The summed E-state index contributed by atoms with van der Waals surface area (Å²) < 4.78 is 0. The molecule has 3 nitrogen and oxygen atoms in total. The van der Waals surface area contributed by atoms with Gasteiger partial charge in [-0.25, -0.2) is 0 Å². The maximum absolute atomic E-state index is 12.8. The lowest BCUT2D eigenvalue weighted by atomic mass is 10.0. The third-order valence-electron chi connectivity index (χ3n) is 4.48. The highest BCUT2D eigenvalue weighted by Gasteiger charge is 2.17. The molecule has 2 aromatic carbocycles. The number of nitrogens with zero attached hydrogens (tertiary/aromatic N) is 2. The smallest absolute Gasteiger partial charge is 0.193 e. The topological polar surface area (TPSA) is 23.6 Å². The Morgan fingerprint density at radius 3 is 1.79 bits per heavy atom. The minimum absolute atomic E-state index is 0.0788. The minimum atomic E-state index is 0.0788. The molecule has 0 radical (unpaired) electrons. The fourth-order valence-corrected chi connectivity index (χ4v) is 3.07. The van der Waals surface area contributed by atoms with Gasteiger partial charge in [-0.1, -0.05) is 30.3 Å². The molecule has 0 N–H and O–H groups in total. The third kappa shape index (κ3) is 3.78. The number of carbonyl (C=O) groups is 1. The maximum Gasteiger partial charge on any atom is 0.193 e. The molecule has 2 aromatic rings. The van der Waals surface area contributed by atoms with E-state index in [1.807, 2.05) is 36.4 Å². The molecule has 2 rings (SSSR count). The Morgan fingerprint density at radius 2 is 1.25 bits per heavy atom. The van der Waals surface area contributed by atoms with Crippen molar-refractivity contribution in [2.24, 2.45) is 0 Å². The van der Waals surface area contributed by atoms with E-state index in [0.717, 1.165) is 43.0 Å². The molecule has 0 unspecified atom stereocenters. The van der Waals surface area contributed by atoms with Gasteiger partial charge in [0.2, 0.25) is 0 Å². The van der Waals surface area contributed by atoms with E-state index < -0.39 is 0 Å². The second-order valence-corrected chi connectivity index (χ2v) is 5.74. The van der Waals surface area contributed by atoms with Crippen LogP contribution in [-0.2, 0) is 0 Å². The molecule has 0 saturated carbocycles. The van der Waals surface area contributed by atoms with Gasteiger partial charge in [0.1, 0.15) is 0 Å². The number of hydrogen-bond acceptors (Lipinski definition) is 3. The average Bonchev–Trinajstić information content (AvgIpc) is 2.64. The van der Waals surface area contributed by atoms with E-state index >= 15 is 0 Å². The lowest BCUT2D eigenvalue weighted by molar-refractivity contribution is 0.103. The van der Waals surface area contributed by atoms with Crippen molar-refractivity contribution in [3.8, 4) is 0 Å². The number of carbonyl (C=O) groups excluding carboxylic acids is 1. The van der Waals surface area contributed by atoms with Crippen LogP contribution in [0.4, 0.5) is 11.4 Å². The number of anilines is 2. The molecule has 0 atom stereocenters. The molecule has 0 spiro atoms. The zero-order valence-corrected chi connectivity index (χ0v) is 15.2. The summed E-state index contributed by atoms with van der Waals surface area (Å²) in [5.74, 6) is 0.0788. The molecule has 0 aromatic heterocycles. The molecule has 0 aliphatic heterocycles. The first-order chi connectivity index (χ1) is 11.7. The Bertz CT molecular complexity index is 659. The summed E-state index contributed by atoms with van der Waals surface area (Å²) in [6, 6.07) is 15.6. The first kappa shape index (κ1) is 18.1. The first-order valence-electron chi connectivity index (χ1n) is 8.89. The van der Waals surface area contributed by atoms with Crippen LogP contribution < -0.4 is 9.80 Å². The molecule has 0 bridgehead atoms.